The van der Waals surface area contributed by atoms with Crippen LogP contribution in [0.5, 0.6) is 0 Å². The van der Waals surface area contributed by atoms with Crippen LogP contribution in [0.15, 0.2) is 0 Å². The molecule has 0 bridgehead atoms. The molecule has 0 rings (SSSR count). The quantitative estimate of drug-likeness (QED) is 0.0627. The van der Waals surface area contributed by atoms with Crippen molar-refractivity contribution in [1.82, 2.24) is 10.6 Å². The van der Waals surface area contributed by atoms with Crippen LogP contribution in [-0.4, -0.2) is 160 Å². The summed E-state index contributed by atoms with van der Waals surface area (Å²) in [6.45, 7) is 27.3. The van der Waals surface area contributed by atoms with Crippen LogP contribution in [0.1, 0.15) is 122 Å². The van der Waals surface area contributed by atoms with E-state index in [1.807, 2.05) is 41.5 Å². The zero-order valence-corrected chi connectivity index (χ0v) is 38.3. The lowest BCUT2D eigenvalue weighted by molar-refractivity contribution is -0.155. The highest BCUT2D eigenvalue weighted by Crippen LogP contribution is 2.28. The van der Waals surface area contributed by atoms with Crippen molar-refractivity contribution in [2.75, 3.05) is 92.4 Å². The smallest absolute Gasteiger partial charge is 0.329 e. The average Bonchev–Trinajstić information content (AvgIpc) is 3.05. The molecule has 59 heavy (non-hydrogen) atoms. The molecule has 0 saturated heterocycles. The Morgan fingerprint density at radius 3 is 1.08 bits per heavy atom. The summed E-state index contributed by atoms with van der Waals surface area (Å²) < 4.78 is 52.1. The largest absolute Gasteiger partial charge is 0.480 e. The number of hydrogen-bond acceptors (Lipinski definition) is 13. The van der Waals surface area contributed by atoms with Crippen molar-refractivity contribution in [2.24, 2.45) is 0 Å². The van der Waals surface area contributed by atoms with Gasteiger partial charge < -0.3 is 63.5 Å². The van der Waals surface area contributed by atoms with Gasteiger partial charge in [0.1, 0.15) is 26.4 Å². The lowest BCUT2D eigenvalue weighted by Gasteiger charge is -2.38. The molecule has 0 spiro atoms. The molecule has 0 aliphatic carbocycles. The maximum Gasteiger partial charge on any atom is 0.329 e. The number of carboxylic acid groups (broad SMARTS) is 2. The number of carboxylic acids is 2. The van der Waals surface area contributed by atoms with Gasteiger partial charge in [-0.3, -0.25) is 9.59 Å². The maximum absolute atomic E-state index is 11.8. The third-order valence-corrected chi connectivity index (χ3v) is 9.10. The fraction of sp³-hybridized carbons (Fsp3) is 0.905. The highest BCUT2D eigenvalue weighted by molar-refractivity contribution is 5.78. The predicted octanol–water partition coefficient (Wildman–Crippen LogP) is 4.55. The molecule has 0 aromatic carbocycles. The Morgan fingerprint density at radius 1 is 0.373 bits per heavy atom. The summed E-state index contributed by atoms with van der Waals surface area (Å²) >= 11 is 0. The molecule has 17 heteroatoms. The molecular weight excluding hydrogens is 772 g/mol. The normalized spacial score (nSPS) is 13.1. The fourth-order valence-corrected chi connectivity index (χ4v) is 5.40. The molecule has 2 amide bonds. The van der Waals surface area contributed by atoms with Gasteiger partial charge in [-0.2, -0.15) is 0 Å². The zero-order chi connectivity index (χ0) is 45.2. The number of nitrogens with one attached hydrogen (secondary N) is 2. The van der Waals surface area contributed by atoms with Gasteiger partial charge in [-0.15, -0.1) is 0 Å². The lowest BCUT2D eigenvalue weighted by Crippen LogP contribution is -2.40. The Balaban J connectivity index is 4.28. The molecule has 0 atom stereocenters. The summed E-state index contributed by atoms with van der Waals surface area (Å²) in [7, 11) is 0. The molecule has 0 fully saturated rings. The Bertz CT molecular complexity index is 1200. The summed E-state index contributed by atoms with van der Waals surface area (Å²) in [4.78, 5) is 44.2. The van der Waals surface area contributed by atoms with Gasteiger partial charge in [-0.25, -0.2) is 9.59 Å². The SMILES string of the molecule is CC(C)(CCNC(=O)COCC(=O)O)OCCC(C)(C)OCCC(C)(C)OCCC(C)(C)OC(C)(C)CCOC(C)(C)CCOCCOCCNC(=O)COCC(=O)O. The van der Waals surface area contributed by atoms with Crippen LogP contribution in [0.3, 0.4) is 0 Å². The highest BCUT2D eigenvalue weighted by atomic mass is 16.5. The molecule has 0 radical (unpaired) electrons. The Hall–Kier alpha value is -2.48. The number of amides is 2. The van der Waals surface area contributed by atoms with E-state index in [0.717, 1.165) is 0 Å². The number of rotatable bonds is 38. The van der Waals surface area contributed by atoms with Crippen molar-refractivity contribution in [2.45, 2.75) is 155 Å². The molecular formula is C42H80N2O15. The van der Waals surface area contributed by atoms with Crippen LogP contribution in [-0.2, 0) is 61.8 Å². The second kappa shape index (κ2) is 28.2. The minimum Gasteiger partial charge on any atom is -0.480 e. The van der Waals surface area contributed by atoms with Crippen LogP contribution in [0.25, 0.3) is 0 Å². The fourth-order valence-electron chi connectivity index (χ4n) is 5.40. The third kappa shape index (κ3) is 34.9. The van der Waals surface area contributed by atoms with Crippen LogP contribution in [0, 0.1) is 0 Å². The van der Waals surface area contributed by atoms with E-state index in [1.165, 1.54) is 0 Å². The van der Waals surface area contributed by atoms with Crippen LogP contribution < -0.4 is 10.6 Å². The molecule has 17 nitrogen and oxygen atoms in total. The number of ether oxygens (including phenoxy) is 9. The van der Waals surface area contributed by atoms with Crippen LogP contribution in [0.4, 0.5) is 0 Å². The molecule has 0 unspecified atom stereocenters. The first-order valence-corrected chi connectivity index (χ1v) is 20.7. The molecule has 0 aromatic heterocycles. The van der Waals surface area contributed by atoms with E-state index in [0.29, 0.717) is 104 Å². The van der Waals surface area contributed by atoms with E-state index in [1.54, 1.807) is 0 Å². The summed E-state index contributed by atoms with van der Waals surface area (Å²) in [5.74, 6) is -3.01. The van der Waals surface area contributed by atoms with E-state index < -0.39 is 53.5 Å². The van der Waals surface area contributed by atoms with Gasteiger partial charge in [-0.05, 0) is 122 Å². The van der Waals surface area contributed by atoms with Gasteiger partial charge >= 0.3 is 11.9 Å². The minimum atomic E-state index is -1.13. The first kappa shape index (κ1) is 56.5. The number of carbonyl (C=O) groups is 4. The van der Waals surface area contributed by atoms with Crippen molar-refractivity contribution in [3.05, 3.63) is 0 Å². The Kier molecular flexibility index (Phi) is 27.0. The van der Waals surface area contributed by atoms with Crippen molar-refractivity contribution in [3.63, 3.8) is 0 Å². The van der Waals surface area contributed by atoms with E-state index in [9.17, 15) is 19.2 Å². The van der Waals surface area contributed by atoms with E-state index >= 15 is 0 Å². The summed E-state index contributed by atoms with van der Waals surface area (Å²) in [6.07, 6.45) is 4.12. The highest BCUT2D eigenvalue weighted by Gasteiger charge is 2.31. The minimum absolute atomic E-state index is 0.293. The molecule has 0 aliphatic heterocycles. The summed E-state index contributed by atoms with van der Waals surface area (Å²) in [5.41, 5.74) is -2.47. The summed E-state index contributed by atoms with van der Waals surface area (Å²) in [6, 6.07) is 0. The average molecular weight is 853 g/mol. The van der Waals surface area contributed by atoms with Gasteiger partial charge in [0.15, 0.2) is 0 Å². The van der Waals surface area contributed by atoms with Crippen LogP contribution >= 0.6 is 0 Å². The number of carbonyl (C=O) groups excluding carboxylic acids is 2. The summed E-state index contributed by atoms with van der Waals surface area (Å²) in [5, 5.41) is 22.4. The van der Waals surface area contributed by atoms with E-state index in [2.05, 4.69) is 52.2 Å². The van der Waals surface area contributed by atoms with Gasteiger partial charge in [0.05, 0.1) is 79.9 Å². The number of aliphatic carboxylic acids is 2. The first-order chi connectivity index (χ1) is 27.2. The topological polar surface area (TPSA) is 216 Å². The molecule has 348 valence electrons. The van der Waals surface area contributed by atoms with Crippen molar-refractivity contribution in [1.29, 1.82) is 0 Å². The standard InChI is InChI=1S/C42H80N2O15/c1-37(2,13-19-43-33(45)29-53-31-35(47)48)55-22-15-39(5,6)56-23-16-40(7,8)58-25-18-42(11,12)59-41(9,10)17-24-57-38(3,4)14-21-51-27-28-52-26-20-44-34(46)30-54-32-36(49)50/h13-32H2,1-12H3,(H,43,45)(H,44,46)(H,47,48)(H,49,50). The monoisotopic (exact) mass is 853 g/mol. The zero-order valence-electron chi connectivity index (χ0n) is 38.3. The lowest BCUT2D eigenvalue weighted by atomic mass is 9.99. The second-order valence-electron chi connectivity index (χ2n) is 18.3. The van der Waals surface area contributed by atoms with Crippen molar-refractivity contribution in [3.8, 4) is 0 Å². The molecule has 4 N–H and O–H groups in total. The molecule has 0 saturated carbocycles. The second-order valence-corrected chi connectivity index (χ2v) is 18.3. The van der Waals surface area contributed by atoms with Crippen molar-refractivity contribution < 1.29 is 72.0 Å². The van der Waals surface area contributed by atoms with E-state index in [-0.39, 0.29) is 30.3 Å². The van der Waals surface area contributed by atoms with E-state index in [4.69, 9.17) is 52.8 Å². The molecule has 0 aliphatic rings. The van der Waals surface area contributed by atoms with Crippen molar-refractivity contribution >= 4 is 23.8 Å². The Morgan fingerprint density at radius 2 is 0.695 bits per heavy atom. The Labute approximate surface area is 353 Å². The van der Waals surface area contributed by atoms with Gasteiger partial charge in [0.25, 0.3) is 0 Å². The molecule has 0 aromatic rings. The number of hydrogen-bond donors (Lipinski definition) is 4. The van der Waals surface area contributed by atoms with Gasteiger partial charge in [0, 0.05) is 19.7 Å². The first-order valence-electron chi connectivity index (χ1n) is 20.7. The third-order valence-electron chi connectivity index (χ3n) is 9.10. The van der Waals surface area contributed by atoms with Gasteiger partial charge in [0.2, 0.25) is 11.8 Å². The van der Waals surface area contributed by atoms with Gasteiger partial charge in [-0.1, -0.05) is 0 Å². The maximum atomic E-state index is 11.8. The predicted molar refractivity (Wildman–Crippen MR) is 222 cm³/mol. The molecule has 0 heterocycles. The van der Waals surface area contributed by atoms with Crippen LogP contribution in [0.2, 0.25) is 0 Å².